The first kappa shape index (κ1) is 17.5. The maximum Gasteiger partial charge on any atom is 0.275 e. The number of carbonyl (C=O) groups is 2. The van der Waals surface area contributed by atoms with Crippen molar-refractivity contribution in [2.45, 2.75) is 26.4 Å². The van der Waals surface area contributed by atoms with E-state index in [0.29, 0.717) is 41.7 Å². The predicted octanol–water partition coefficient (Wildman–Crippen LogP) is 2.15. The SMILES string of the molecule is CCNC(=O)c1ccc2n1CCN(C(=O)c1cc3ncc(Cl)cn3n1)C2C. The summed E-state index contributed by atoms with van der Waals surface area (Å²) < 4.78 is 3.48. The third kappa shape index (κ3) is 2.95. The number of hydrogen-bond acceptors (Lipinski definition) is 4. The van der Waals surface area contributed by atoms with Crippen LogP contribution < -0.4 is 5.32 Å². The molecule has 3 aromatic heterocycles. The Labute approximate surface area is 160 Å². The van der Waals surface area contributed by atoms with Crippen molar-refractivity contribution in [1.29, 1.82) is 0 Å². The van der Waals surface area contributed by atoms with E-state index in [-0.39, 0.29) is 17.9 Å². The number of nitrogens with zero attached hydrogens (tertiary/aromatic N) is 5. The number of hydrogen-bond donors (Lipinski definition) is 1. The maximum atomic E-state index is 13.0. The molecule has 4 heterocycles. The fourth-order valence-electron chi connectivity index (χ4n) is 3.49. The largest absolute Gasteiger partial charge is 0.351 e. The number of aromatic nitrogens is 4. The molecule has 0 saturated carbocycles. The molecule has 140 valence electrons. The van der Waals surface area contributed by atoms with E-state index in [0.717, 1.165) is 5.69 Å². The van der Waals surface area contributed by atoms with Gasteiger partial charge in [0.2, 0.25) is 0 Å². The normalized spacial score (nSPS) is 16.4. The first-order valence-electron chi connectivity index (χ1n) is 8.79. The van der Waals surface area contributed by atoms with Crippen LogP contribution in [0.15, 0.2) is 30.6 Å². The van der Waals surface area contributed by atoms with Gasteiger partial charge in [-0.1, -0.05) is 11.6 Å². The molecule has 1 unspecified atom stereocenters. The first-order valence-corrected chi connectivity index (χ1v) is 9.17. The van der Waals surface area contributed by atoms with Gasteiger partial charge in [-0.2, -0.15) is 5.10 Å². The van der Waals surface area contributed by atoms with Gasteiger partial charge in [0.15, 0.2) is 11.3 Å². The number of fused-ring (bicyclic) bond motifs is 2. The molecule has 0 aliphatic carbocycles. The number of rotatable bonds is 3. The average Bonchev–Trinajstić information content (AvgIpc) is 3.25. The Kier molecular flexibility index (Phi) is 4.35. The van der Waals surface area contributed by atoms with Gasteiger partial charge in [-0.05, 0) is 26.0 Å². The summed E-state index contributed by atoms with van der Waals surface area (Å²) in [6.45, 7) is 5.47. The van der Waals surface area contributed by atoms with Crippen molar-refractivity contribution in [3.8, 4) is 0 Å². The number of nitrogens with one attached hydrogen (secondary N) is 1. The monoisotopic (exact) mass is 386 g/mol. The third-order valence-electron chi connectivity index (χ3n) is 4.81. The lowest BCUT2D eigenvalue weighted by Gasteiger charge is -2.35. The van der Waals surface area contributed by atoms with Crippen LogP contribution in [0, 0.1) is 0 Å². The second-order valence-corrected chi connectivity index (χ2v) is 6.87. The summed E-state index contributed by atoms with van der Waals surface area (Å²) in [6, 6.07) is 5.19. The maximum absolute atomic E-state index is 13.0. The zero-order valence-corrected chi connectivity index (χ0v) is 15.8. The summed E-state index contributed by atoms with van der Waals surface area (Å²) in [6.07, 6.45) is 3.14. The van der Waals surface area contributed by atoms with Gasteiger partial charge in [-0.25, -0.2) is 9.50 Å². The van der Waals surface area contributed by atoms with Crippen molar-refractivity contribution in [2.24, 2.45) is 0 Å². The second kappa shape index (κ2) is 6.70. The van der Waals surface area contributed by atoms with Crippen LogP contribution in [0.2, 0.25) is 5.02 Å². The van der Waals surface area contributed by atoms with Gasteiger partial charge >= 0.3 is 0 Å². The van der Waals surface area contributed by atoms with Gasteiger partial charge in [-0.15, -0.1) is 0 Å². The van der Waals surface area contributed by atoms with E-state index in [9.17, 15) is 9.59 Å². The Hall–Kier alpha value is -2.87. The molecule has 2 amide bonds. The highest BCUT2D eigenvalue weighted by Gasteiger charge is 2.31. The van der Waals surface area contributed by atoms with E-state index in [4.69, 9.17) is 11.6 Å². The Balaban J connectivity index is 1.62. The van der Waals surface area contributed by atoms with Crippen LogP contribution in [-0.4, -0.2) is 49.0 Å². The topological polar surface area (TPSA) is 84.5 Å². The van der Waals surface area contributed by atoms with Crippen LogP contribution in [0.5, 0.6) is 0 Å². The molecule has 8 nitrogen and oxygen atoms in total. The van der Waals surface area contributed by atoms with E-state index >= 15 is 0 Å². The molecule has 27 heavy (non-hydrogen) atoms. The number of amides is 2. The van der Waals surface area contributed by atoms with Crippen molar-refractivity contribution in [1.82, 2.24) is 29.4 Å². The van der Waals surface area contributed by atoms with Crippen LogP contribution in [0.1, 0.15) is 46.6 Å². The highest BCUT2D eigenvalue weighted by atomic mass is 35.5. The summed E-state index contributed by atoms with van der Waals surface area (Å²) in [5, 5.41) is 7.58. The minimum atomic E-state index is -0.171. The summed E-state index contributed by atoms with van der Waals surface area (Å²) >= 11 is 5.93. The minimum absolute atomic E-state index is 0.0981. The van der Waals surface area contributed by atoms with E-state index in [1.807, 2.05) is 30.5 Å². The fraction of sp³-hybridized carbons (Fsp3) is 0.333. The molecule has 1 aliphatic heterocycles. The zero-order chi connectivity index (χ0) is 19.1. The molecule has 9 heteroatoms. The van der Waals surface area contributed by atoms with E-state index in [2.05, 4.69) is 15.4 Å². The van der Waals surface area contributed by atoms with Gasteiger partial charge in [0.1, 0.15) is 5.69 Å². The van der Waals surface area contributed by atoms with Gasteiger partial charge in [0.25, 0.3) is 11.8 Å². The summed E-state index contributed by atoms with van der Waals surface area (Å²) in [7, 11) is 0. The quantitative estimate of drug-likeness (QED) is 0.747. The first-order chi connectivity index (χ1) is 13.0. The second-order valence-electron chi connectivity index (χ2n) is 6.43. The molecule has 3 aromatic rings. The Morgan fingerprint density at radius 3 is 2.93 bits per heavy atom. The van der Waals surface area contributed by atoms with E-state index in [1.54, 1.807) is 17.2 Å². The molecule has 1 atom stereocenters. The fourth-order valence-corrected chi connectivity index (χ4v) is 3.63. The summed E-state index contributed by atoms with van der Waals surface area (Å²) in [5.74, 6) is -0.268. The molecule has 0 bridgehead atoms. The van der Waals surface area contributed by atoms with Crippen LogP contribution >= 0.6 is 11.6 Å². The highest BCUT2D eigenvalue weighted by Crippen LogP contribution is 2.28. The van der Waals surface area contributed by atoms with Crippen LogP contribution in [-0.2, 0) is 6.54 Å². The number of halogens is 1. The molecule has 0 spiro atoms. The highest BCUT2D eigenvalue weighted by molar-refractivity contribution is 6.30. The third-order valence-corrected chi connectivity index (χ3v) is 5.00. The molecule has 0 saturated heterocycles. The zero-order valence-electron chi connectivity index (χ0n) is 15.0. The van der Waals surface area contributed by atoms with Gasteiger partial charge in [-0.3, -0.25) is 9.59 Å². The number of carbonyl (C=O) groups excluding carboxylic acids is 2. The molecular weight excluding hydrogens is 368 g/mol. The Bertz CT molecular complexity index is 1040. The molecule has 4 rings (SSSR count). The average molecular weight is 387 g/mol. The van der Waals surface area contributed by atoms with Crippen molar-refractivity contribution in [3.05, 3.63) is 52.7 Å². The van der Waals surface area contributed by atoms with Gasteiger partial charge in [0, 0.05) is 37.6 Å². The van der Waals surface area contributed by atoms with Crippen molar-refractivity contribution < 1.29 is 9.59 Å². The van der Waals surface area contributed by atoms with Crippen LogP contribution in [0.3, 0.4) is 0 Å². The van der Waals surface area contributed by atoms with Crippen LogP contribution in [0.4, 0.5) is 0 Å². The lowest BCUT2D eigenvalue weighted by molar-refractivity contribution is 0.0635. The van der Waals surface area contributed by atoms with Crippen molar-refractivity contribution in [3.63, 3.8) is 0 Å². The van der Waals surface area contributed by atoms with E-state index < -0.39 is 0 Å². The molecule has 0 radical (unpaired) electrons. The standard InChI is InChI=1S/C18H19ClN6O2/c1-3-20-17(26)15-5-4-14-11(2)23(6-7-24(14)15)18(27)13-8-16-21-9-12(19)10-25(16)22-13/h4-5,8-11H,3,6-7H2,1-2H3,(H,20,26). The molecular formula is C18H19ClN6O2. The lowest BCUT2D eigenvalue weighted by atomic mass is 10.1. The predicted molar refractivity (Wildman–Crippen MR) is 99.9 cm³/mol. The summed E-state index contributed by atoms with van der Waals surface area (Å²) in [4.78, 5) is 31.2. The molecule has 0 fully saturated rings. The summed E-state index contributed by atoms with van der Waals surface area (Å²) in [5.41, 5.74) is 2.44. The molecule has 1 aliphatic rings. The Morgan fingerprint density at radius 1 is 1.33 bits per heavy atom. The van der Waals surface area contributed by atoms with Gasteiger partial charge < -0.3 is 14.8 Å². The van der Waals surface area contributed by atoms with Crippen molar-refractivity contribution >= 4 is 29.1 Å². The Morgan fingerprint density at radius 2 is 2.15 bits per heavy atom. The van der Waals surface area contributed by atoms with Crippen LogP contribution in [0.25, 0.3) is 5.65 Å². The minimum Gasteiger partial charge on any atom is -0.351 e. The van der Waals surface area contributed by atoms with Crippen molar-refractivity contribution in [2.75, 3.05) is 13.1 Å². The van der Waals surface area contributed by atoms with E-state index in [1.165, 1.54) is 10.7 Å². The molecule has 1 N–H and O–H groups in total. The lowest BCUT2D eigenvalue weighted by Crippen LogP contribution is -2.42. The van der Waals surface area contributed by atoms with Gasteiger partial charge in [0.05, 0.1) is 17.3 Å². The smallest absolute Gasteiger partial charge is 0.275 e. The molecule has 0 aromatic carbocycles.